The molecule has 1 aromatic rings. The number of fused-ring (bicyclic) bond motifs is 1. The number of ether oxygens (including phenoxy) is 2. The van der Waals surface area contributed by atoms with Gasteiger partial charge >= 0.3 is 0 Å². The van der Waals surface area contributed by atoms with Crippen LogP contribution in [0.2, 0.25) is 5.02 Å². The van der Waals surface area contributed by atoms with Crippen LogP contribution in [0.5, 0.6) is 11.5 Å². The lowest BCUT2D eigenvalue weighted by Gasteiger charge is -2.14. The van der Waals surface area contributed by atoms with E-state index in [9.17, 15) is 4.79 Å². The number of hydrogen-bond acceptors (Lipinski definition) is 3. The van der Waals surface area contributed by atoms with Gasteiger partial charge in [-0.05, 0) is 36.5 Å². The Kier molecular flexibility index (Phi) is 3.17. The second-order valence-corrected chi connectivity index (χ2v) is 6.12. The summed E-state index contributed by atoms with van der Waals surface area (Å²) >= 11 is 6.28. The Labute approximate surface area is 117 Å². The highest BCUT2D eigenvalue weighted by atomic mass is 35.5. The van der Waals surface area contributed by atoms with Crippen molar-refractivity contribution in [1.82, 2.24) is 0 Å². The first-order valence-corrected chi connectivity index (χ1v) is 7.04. The van der Waals surface area contributed by atoms with Crippen molar-refractivity contribution in [1.29, 1.82) is 0 Å². The molecule has 2 aliphatic rings. The minimum atomic E-state index is 0.141. The molecule has 1 heterocycles. The predicted octanol–water partition coefficient (Wildman–Crippen LogP) is 3.58. The van der Waals surface area contributed by atoms with E-state index < -0.39 is 0 Å². The molecule has 4 heteroatoms. The number of carbonyl (C=O) groups is 1. The molecule has 1 saturated carbocycles. The van der Waals surface area contributed by atoms with Crippen molar-refractivity contribution >= 4 is 17.9 Å². The van der Waals surface area contributed by atoms with Crippen LogP contribution in [0.4, 0.5) is 0 Å². The Morgan fingerprint density at radius 3 is 2.79 bits per heavy atom. The van der Waals surface area contributed by atoms with E-state index in [2.05, 4.69) is 0 Å². The molecule has 0 aromatic heterocycles. The molecular formula is C15H17ClO3. The van der Waals surface area contributed by atoms with Crippen molar-refractivity contribution in [2.24, 2.45) is 5.41 Å². The van der Waals surface area contributed by atoms with Gasteiger partial charge < -0.3 is 14.3 Å². The Balaban J connectivity index is 1.90. The molecule has 0 bridgehead atoms. The van der Waals surface area contributed by atoms with Crippen molar-refractivity contribution in [2.75, 3.05) is 13.2 Å². The van der Waals surface area contributed by atoms with Crippen LogP contribution in [0.15, 0.2) is 12.1 Å². The normalized spacial score (nSPS) is 20.7. The smallest absolute Gasteiger partial charge is 0.179 e. The second-order valence-electron chi connectivity index (χ2n) is 5.71. The largest absolute Gasteiger partial charge is 0.489 e. The fourth-order valence-corrected chi connectivity index (χ4v) is 2.64. The van der Waals surface area contributed by atoms with Crippen LogP contribution in [-0.4, -0.2) is 19.5 Å². The van der Waals surface area contributed by atoms with Gasteiger partial charge in [-0.1, -0.05) is 18.5 Å². The molecule has 1 fully saturated rings. The first-order chi connectivity index (χ1) is 9.13. The number of benzene rings is 1. The number of hydrogen-bond donors (Lipinski definition) is 0. The van der Waals surface area contributed by atoms with Crippen LogP contribution in [0, 0.1) is 5.41 Å². The SMILES string of the molecule is CC(CC=O)c1cc(Cl)c2c(c1)OCC1(CC1)CO2. The summed E-state index contributed by atoms with van der Waals surface area (Å²) in [7, 11) is 0. The second kappa shape index (κ2) is 4.71. The molecule has 3 rings (SSSR count). The number of halogens is 1. The first-order valence-electron chi connectivity index (χ1n) is 6.66. The van der Waals surface area contributed by atoms with Crippen molar-refractivity contribution in [3.05, 3.63) is 22.7 Å². The monoisotopic (exact) mass is 280 g/mol. The highest BCUT2D eigenvalue weighted by Crippen LogP contribution is 2.50. The van der Waals surface area contributed by atoms with E-state index in [0.29, 0.717) is 36.2 Å². The van der Waals surface area contributed by atoms with Crippen LogP contribution in [-0.2, 0) is 4.79 Å². The third-order valence-corrected chi connectivity index (χ3v) is 4.35. The summed E-state index contributed by atoms with van der Waals surface area (Å²) in [5.41, 5.74) is 1.22. The lowest BCUT2D eigenvalue weighted by molar-refractivity contribution is -0.108. The molecule has 0 N–H and O–H groups in total. The van der Waals surface area contributed by atoms with Crippen LogP contribution < -0.4 is 9.47 Å². The van der Waals surface area contributed by atoms with Gasteiger partial charge in [0.2, 0.25) is 0 Å². The highest BCUT2D eigenvalue weighted by Gasteiger charge is 2.46. The molecule has 1 aliphatic carbocycles. The van der Waals surface area contributed by atoms with Crippen LogP contribution in [0.3, 0.4) is 0 Å². The van der Waals surface area contributed by atoms with Crippen LogP contribution in [0.25, 0.3) is 0 Å². The molecule has 1 spiro atoms. The minimum absolute atomic E-state index is 0.141. The standard InChI is InChI=1S/C15H17ClO3/c1-10(2-5-17)11-6-12(16)14-13(7-11)18-8-15(3-4-15)9-19-14/h5-7,10H,2-4,8-9H2,1H3. The van der Waals surface area contributed by atoms with Crippen molar-refractivity contribution in [3.63, 3.8) is 0 Å². The van der Waals surface area contributed by atoms with E-state index in [0.717, 1.165) is 24.7 Å². The van der Waals surface area contributed by atoms with E-state index in [1.165, 1.54) is 0 Å². The van der Waals surface area contributed by atoms with E-state index in [-0.39, 0.29) is 11.3 Å². The Bertz CT molecular complexity index is 508. The first kappa shape index (κ1) is 12.8. The molecular weight excluding hydrogens is 264 g/mol. The van der Waals surface area contributed by atoms with Crippen molar-refractivity contribution in [2.45, 2.75) is 32.1 Å². The van der Waals surface area contributed by atoms with Gasteiger partial charge in [-0.25, -0.2) is 0 Å². The van der Waals surface area contributed by atoms with E-state index in [1.807, 2.05) is 19.1 Å². The van der Waals surface area contributed by atoms with Gasteiger partial charge in [0, 0.05) is 11.8 Å². The molecule has 1 unspecified atom stereocenters. The predicted molar refractivity (Wildman–Crippen MR) is 73.2 cm³/mol. The molecule has 0 saturated heterocycles. The van der Waals surface area contributed by atoms with Gasteiger partial charge in [-0.15, -0.1) is 0 Å². The Morgan fingerprint density at radius 1 is 1.37 bits per heavy atom. The Morgan fingerprint density at radius 2 is 2.11 bits per heavy atom. The maximum atomic E-state index is 10.6. The summed E-state index contributed by atoms with van der Waals surface area (Å²) in [6, 6.07) is 3.83. The van der Waals surface area contributed by atoms with Crippen LogP contribution >= 0.6 is 11.6 Å². The van der Waals surface area contributed by atoms with E-state index in [1.54, 1.807) is 0 Å². The average molecular weight is 281 g/mol. The van der Waals surface area contributed by atoms with Gasteiger partial charge in [-0.3, -0.25) is 0 Å². The van der Waals surface area contributed by atoms with Crippen molar-refractivity contribution < 1.29 is 14.3 Å². The van der Waals surface area contributed by atoms with E-state index in [4.69, 9.17) is 21.1 Å². The fraction of sp³-hybridized carbons (Fsp3) is 0.533. The molecule has 0 amide bonds. The topological polar surface area (TPSA) is 35.5 Å². The Hall–Kier alpha value is -1.22. The number of carbonyl (C=O) groups excluding carboxylic acids is 1. The van der Waals surface area contributed by atoms with Gasteiger partial charge in [0.15, 0.2) is 11.5 Å². The summed E-state index contributed by atoms with van der Waals surface area (Å²) in [5, 5.41) is 0.572. The summed E-state index contributed by atoms with van der Waals surface area (Å²) in [5.74, 6) is 1.50. The zero-order valence-electron chi connectivity index (χ0n) is 10.9. The third kappa shape index (κ3) is 2.44. The van der Waals surface area contributed by atoms with Gasteiger partial charge in [0.25, 0.3) is 0 Å². The zero-order valence-corrected chi connectivity index (χ0v) is 11.7. The van der Waals surface area contributed by atoms with Gasteiger partial charge in [-0.2, -0.15) is 0 Å². The molecule has 1 aromatic carbocycles. The maximum Gasteiger partial charge on any atom is 0.179 e. The highest BCUT2D eigenvalue weighted by molar-refractivity contribution is 6.32. The molecule has 19 heavy (non-hydrogen) atoms. The quantitative estimate of drug-likeness (QED) is 0.794. The van der Waals surface area contributed by atoms with Gasteiger partial charge in [0.05, 0.1) is 18.2 Å². The molecule has 102 valence electrons. The van der Waals surface area contributed by atoms with Gasteiger partial charge in [0.1, 0.15) is 6.29 Å². The summed E-state index contributed by atoms with van der Waals surface area (Å²) < 4.78 is 11.7. The summed E-state index contributed by atoms with van der Waals surface area (Å²) in [6.07, 6.45) is 3.74. The molecule has 1 aliphatic heterocycles. The third-order valence-electron chi connectivity index (χ3n) is 4.06. The molecule has 1 atom stereocenters. The maximum absolute atomic E-state index is 10.6. The lowest BCUT2D eigenvalue weighted by atomic mass is 9.98. The number of rotatable bonds is 3. The summed E-state index contributed by atoms with van der Waals surface area (Å²) in [6.45, 7) is 3.39. The van der Waals surface area contributed by atoms with Crippen molar-refractivity contribution in [3.8, 4) is 11.5 Å². The molecule has 0 radical (unpaired) electrons. The average Bonchev–Trinajstić information content (AvgIpc) is 3.18. The fourth-order valence-electron chi connectivity index (χ4n) is 2.36. The van der Waals surface area contributed by atoms with Crippen LogP contribution in [0.1, 0.15) is 37.7 Å². The number of aldehydes is 1. The zero-order chi connectivity index (χ0) is 13.5. The summed E-state index contributed by atoms with van der Waals surface area (Å²) in [4.78, 5) is 10.6. The minimum Gasteiger partial charge on any atom is -0.489 e. The van der Waals surface area contributed by atoms with E-state index >= 15 is 0 Å². The molecule has 3 nitrogen and oxygen atoms in total. The lowest BCUT2D eigenvalue weighted by Crippen LogP contribution is -2.17.